The second kappa shape index (κ2) is 9.11. The fourth-order valence-electron chi connectivity index (χ4n) is 2.77. The molecule has 3 aromatic rings. The monoisotopic (exact) mass is 430 g/mol. The molecule has 0 saturated heterocycles. The van der Waals surface area contributed by atoms with Gasteiger partial charge in [0.2, 0.25) is 5.91 Å². The third-order valence-electron chi connectivity index (χ3n) is 4.29. The SMILES string of the molecule is COc1ccc(S(=O)(=O)Nc2ccc(CC(=O)NCc3cccs3)cc2)cc1C. The second-order valence-corrected chi connectivity index (χ2v) is 9.18. The quantitative estimate of drug-likeness (QED) is 0.570. The Labute approximate surface area is 174 Å². The molecule has 0 aliphatic heterocycles. The predicted octanol–water partition coefficient (Wildman–Crippen LogP) is 3.72. The maximum Gasteiger partial charge on any atom is 0.261 e. The third kappa shape index (κ3) is 5.58. The summed E-state index contributed by atoms with van der Waals surface area (Å²) in [6.07, 6.45) is 0.232. The molecule has 29 heavy (non-hydrogen) atoms. The number of ether oxygens (including phenoxy) is 1. The van der Waals surface area contributed by atoms with Crippen LogP contribution in [0.5, 0.6) is 5.75 Å². The number of nitrogens with one attached hydrogen (secondary N) is 2. The minimum absolute atomic E-state index is 0.0829. The van der Waals surface area contributed by atoms with E-state index in [-0.39, 0.29) is 17.2 Å². The molecule has 0 atom stereocenters. The van der Waals surface area contributed by atoms with Gasteiger partial charge in [0.1, 0.15) is 5.75 Å². The number of aryl methyl sites for hydroxylation is 1. The van der Waals surface area contributed by atoms with Crippen molar-refractivity contribution in [2.24, 2.45) is 0 Å². The van der Waals surface area contributed by atoms with Crippen molar-refractivity contribution in [3.63, 3.8) is 0 Å². The second-order valence-electron chi connectivity index (χ2n) is 6.47. The van der Waals surface area contributed by atoms with Gasteiger partial charge in [0.15, 0.2) is 0 Å². The van der Waals surface area contributed by atoms with Gasteiger partial charge in [-0.15, -0.1) is 11.3 Å². The molecule has 0 aliphatic carbocycles. The van der Waals surface area contributed by atoms with Crippen molar-refractivity contribution in [3.05, 3.63) is 76.0 Å². The number of hydrogen-bond acceptors (Lipinski definition) is 5. The molecule has 6 nitrogen and oxygen atoms in total. The molecule has 0 fully saturated rings. The van der Waals surface area contributed by atoms with E-state index in [1.165, 1.54) is 6.07 Å². The lowest BCUT2D eigenvalue weighted by Gasteiger charge is -2.11. The first-order chi connectivity index (χ1) is 13.9. The fourth-order valence-corrected chi connectivity index (χ4v) is 4.56. The van der Waals surface area contributed by atoms with E-state index in [0.29, 0.717) is 18.0 Å². The zero-order valence-electron chi connectivity index (χ0n) is 16.1. The maximum absolute atomic E-state index is 12.6. The highest BCUT2D eigenvalue weighted by Gasteiger charge is 2.16. The predicted molar refractivity (Wildman–Crippen MR) is 115 cm³/mol. The largest absolute Gasteiger partial charge is 0.496 e. The first-order valence-electron chi connectivity index (χ1n) is 8.93. The van der Waals surface area contributed by atoms with Gasteiger partial charge in [0, 0.05) is 10.6 Å². The van der Waals surface area contributed by atoms with Crippen LogP contribution in [0.25, 0.3) is 0 Å². The highest BCUT2D eigenvalue weighted by atomic mass is 32.2. The van der Waals surface area contributed by atoms with Gasteiger partial charge in [0.05, 0.1) is 25.0 Å². The summed E-state index contributed by atoms with van der Waals surface area (Å²) >= 11 is 1.59. The molecule has 2 N–H and O–H groups in total. The van der Waals surface area contributed by atoms with E-state index in [1.54, 1.807) is 61.8 Å². The van der Waals surface area contributed by atoms with Crippen LogP contribution in [0, 0.1) is 6.92 Å². The van der Waals surface area contributed by atoms with Crippen molar-refractivity contribution in [1.82, 2.24) is 5.32 Å². The van der Waals surface area contributed by atoms with Gasteiger partial charge in [0.25, 0.3) is 10.0 Å². The molecular weight excluding hydrogens is 408 g/mol. The summed E-state index contributed by atoms with van der Waals surface area (Å²) in [5.41, 5.74) is 1.97. The Balaban J connectivity index is 1.60. The van der Waals surface area contributed by atoms with Crippen LogP contribution in [0.1, 0.15) is 16.0 Å². The van der Waals surface area contributed by atoms with E-state index in [0.717, 1.165) is 16.0 Å². The molecule has 0 radical (unpaired) electrons. The normalized spacial score (nSPS) is 11.1. The van der Waals surface area contributed by atoms with Crippen LogP contribution < -0.4 is 14.8 Å². The Morgan fingerprint density at radius 2 is 1.86 bits per heavy atom. The zero-order valence-corrected chi connectivity index (χ0v) is 17.8. The van der Waals surface area contributed by atoms with Gasteiger partial charge < -0.3 is 10.1 Å². The summed E-state index contributed by atoms with van der Waals surface area (Å²) in [5, 5.41) is 4.84. The summed E-state index contributed by atoms with van der Waals surface area (Å²) in [5.74, 6) is 0.547. The van der Waals surface area contributed by atoms with Crippen molar-refractivity contribution in [2.45, 2.75) is 24.8 Å². The molecule has 8 heteroatoms. The molecule has 0 bridgehead atoms. The lowest BCUT2D eigenvalue weighted by atomic mass is 10.1. The first-order valence-corrected chi connectivity index (χ1v) is 11.3. The Bertz CT molecular complexity index is 1080. The van der Waals surface area contributed by atoms with Crippen LogP contribution in [-0.4, -0.2) is 21.4 Å². The topological polar surface area (TPSA) is 84.5 Å². The average molecular weight is 431 g/mol. The van der Waals surface area contributed by atoms with Gasteiger partial charge in [-0.1, -0.05) is 18.2 Å². The molecule has 1 amide bonds. The Morgan fingerprint density at radius 3 is 2.48 bits per heavy atom. The van der Waals surface area contributed by atoms with Crippen molar-refractivity contribution >= 4 is 33.0 Å². The first kappa shape index (κ1) is 20.9. The minimum atomic E-state index is -3.71. The van der Waals surface area contributed by atoms with Crippen LogP contribution in [-0.2, 0) is 27.8 Å². The number of amides is 1. The number of carbonyl (C=O) groups is 1. The van der Waals surface area contributed by atoms with E-state index in [4.69, 9.17) is 4.74 Å². The lowest BCUT2D eigenvalue weighted by Crippen LogP contribution is -2.24. The van der Waals surface area contributed by atoms with Crippen molar-refractivity contribution in [1.29, 1.82) is 0 Å². The summed E-state index contributed by atoms with van der Waals surface area (Å²) < 4.78 is 32.9. The number of hydrogen-bond donors (Lipinski definition) is 2. The van der Waals surface area contributed by atoms with Crippen LogP contribution in [0.15, 0.2) is 64.9 Å². The van der Waals surface area contributed by atoms with E-state index in [9.17, 15) is 13.2 Å². The number of anilines is 1. The molecule has 1 aromatic heterocycles. The highest BCUT2D eigenvalue weighted by molar-refractivity contribution is 7.92. The van der Waals surface area contributed by atoms with Crippen LogP contribution in [0.2, 0.25) is 0 Å². The number of methoxy groups -OCH3 is 1. The van der Waals surface area contributed by atoms with Gasteiger partial charge in [-0.2, -0.15) is 0 Å². The van der Waals surface area contributed by atoms with Crippen molar-refractivity contribution < 1.29 is 17.9 Å². The van der Waals surface area contributed by atoms with Gasteiger partial charge in [-0.25, -0.2) is 8.42 Å². The number of benzene rings is 2. The van der Waals surface area contributed by atoms with Gasteiger partial charge in [-0.05, 0) is 59.8 Å². The van der Waals surface area contributed by atoms with Gasteiger partial charge in [-0.3, -0.25) is 9.52 Å². The highest BCUT2D eigenvalue weighted by Crippen LogP contribution is 2.23. The average Bonchev–Trinajstić information content (AvgIpc) is 3.21. The van der Waals surface area contributed by atoms with E-state index < -0.39 is 10.0 Å². The minimum Gasteiger partial charge on any atom is -0.496 e. The van der Waals surface area contributed by atoms with Crippen LogP contribution in [0.3, 0.4) is 0 Å². The van der Waals surface area contributed by atoms with Crippen molar-refractivity contribution in [3.8, 4) is 5.75 Å². The molecule has 1 heterocycles. The standard InChI is InChI=1S/C21H22N2O4S2/c1-15-12-19(9-10-20(15)27-2)29(25,26)23-17-7-5-16(6-8-17)13-21(24)22-14-18-4-3-11-28-18/h3-12,23H,13-14H2,1-2H3,(H,22,24). The molecule has 0 aliphatic rings. The number of sulfonamides is 1. The fraction of sp³-hybridized carbons (Fsp3) is 0.190. The molecular formula is C21H22N2O4S2. The Kier molecular flexibility index (Phi) is 6.56. The maximum atomic E-state index is 12.6. The molecule has 2 aromatic carbocycles. The molecule has 152 valence electrons. The van der Waals surface area contributed by atoms with Crippen molar-refractivity contribution in [2.75, 3.05) is 11.8 Å². The zero-order chi connectivity index (χ0) is 20.9. The number of carbonyl (C=O) groups excluding carboxylic acids is 1. The summed E-state index contributed by atoms with van der Waals surface area (Å²) in [4.78, 5) is 13.3. The molecule has 0 saturated carbocycles. The number of thiophene rings is 1. The van der Waals surface area contributed by atoms with E-state index in [1.807, 2.05) is 17.5 Å². The third-order valence-corrected chi connectivity index (χ3v) is 6.54. The number of rotatable bonds is 8. The van der Waals surface area contributed by atoms with Gasteiger partial charge >= 0.3 is 0 Å². The molecule has 3 rings (SSSR count). The molecule has 0 spiro atoms. The van der Waals surface area contributed by atoms with Crippen LogP contribution in [0.4, 0.5) is 5.69 Å². The summed E-state index contributed by atoms with van der Waals surface area (Å²) in [7, 11) is -2.17. The van der Waals surface area contributed by atoms with Crippen LogP contribution >= 0.6 is 11.3 Å². The summed E-state index contributed by atoms with van der Waals surface area (Å²) in [6, 6.07) is 15.4. The Hall–Kier alpha value is -2.84. The Morgan fingerprint density at radius 1 is 1.10 bits per heavy atom. The molecule has 0 unspecified atom stereocenters. The van der Waals surface area contributed by atoms with E-state index >= 15 is 0 Å². The smallest absolute Gasteiger partial charge is 0.261 e. The summed E-state index contributed by atoms with van der Waals surface area (Å²) in [6.45, 7) is 2.30. The lowest BCUT2D eigenvalue weighted by molar-refractivity contribution is -0.120. The van der Waals surface area contributed by atoms with E-state index in [2.05, 4.69) is 10.0 Å².